The second kappa shape index (κ2) is 12.2. The fourth-order valence-corrected chi connectivity index (χ4v) is 4.32. The molecule has 1 aromatic carbocycles. The lowest BCUT2D eigenvalue weighted by atomic mass is 10.1. The highest BCUT2D eigenvalue weighted by atomic mass is 16.5. The number of aromatic nitrogens is 3. The molecule has 9 heteroatoms. The Hall–Kier alpha value is -3.67. The molecule has 186 valence electrons. The lowest BCUT2D eigenvalue weighted by molar-refractivity contribution is -0.148. The molecule has 1 aliphatic carbocycles. The number of unbranched alkanes of at least 4 members (excludes halogenated alkanes) is 2. The molecule has 0 aliphatic heterocycles. The van der Waals surface area contributed by atoms with E-state index in [4.69, 9.17) is 15.2 Å². The summed E-state index contributed by atoms with van der Waals surface area (Å²) in [5, 5.41) is 8.09. The highest BCUT2D eigenvalue weighted by molar-refractivity contribution is 5.92. The van der Waals surface area contributed by atoms with Crippen LogP contribution >= 0.6 is 0 Å². The number of primary amides is 1. The Bertz CT molecular complexity index is 1110. The van der Waals surface area contributed by atoms with Crippen LogP contribution in [0.15, 0.2) is 24.3 Å². The number of hydrogen-bond donors (Lipinski definition) is 1. The van der Waals surface area contributed by atoms with E-state index in [0.29, 0.717) is 12.8 Å². The van der Waals surface area contributed by atoms with Crippen LogP contribution in [0.5, 0.6) is 0 Å². The van der Waals surface area contributed by atoms with Crippen LogP contribution in [-0.4, -0.2) is 45.6 Å². The van der Waals surface area contributed by atoms with Gasteiger partial charge < -0.3 is 15.2 Å². The topological polar surface area (TPSA) is 126 Å². The van der Waals surface area contributed by atoms with Gasteiger partial charge in [0.05, 0.1) is 12.6 Å². The van der Waals surface area contributed by atoms with Gasteiger partial charge in [-0.3, -0.25) is 14.4 Å². The first kappa shape index (κ1) is 25.9. The molecule has 1 aromatic heterocycles. The third-order valence-electron chi connectivity index (χ3n) is 6.00. The molecule has 35 heavy (non-hydrogen) atoms. The lowest BCUT2D eigenvalue weighted by Crippen LogP contribution is -2.26. The average molecular weight is 481 g/mol. The van der Waals surface area contributed by atoms with E-state index in [1.54, 1.807) is 0 Å². The number of carbonyl (C=O) groups excluding carboxylic acids is 3. The van der Waals surface area contributed by atoms with E-state index in [1.165, 1.54) is 36.9 Å². The van der Waals surface area contributed by atoms with Crippen molar-refractivity contribution >= 4 is 17.8 Å². The number of benzene rings is 1. The smallest absolute Gasteiger partial charge is 0.302 e. The quantitative estimate of drug-likeness (QED) is 0.332. The van der Waals surface area contributed by atoms with Crippen molar-refractivity contribution in [3.8, 4) is 11.8 Å². The van der Waals surface area contributed by atoms with E-state index in [-0.39, 0.29) is 29.9 Å². The summed E-state index contributed by atoms with van der Waals surface area (Å²) >= 11 is 0. The molecule has 2 N–H and O–H groups in total. The second-order valence-corrected chi connectivity index (χ2v) is 8.85. The predicted octanol–water partition coefficient (Wildman–Crippen LogP) is 2.96. The van der Waals surface area contributed by atoms with E-state index in [2.05, 4.69) is 41.2 Å². The Morgan fingerprint density at radius 2 is 1.83 bits per heavy atom. The van der Waals surface area contributed by atoms with Crippen molar-refractivity contribution in [1.29, 1.82) is 0 Å². The van der Waals surface area contributed by atoms with Crippen LogP contribution in [0.4, 0.5) is 0 Å². The zero-order valence-corrected chi connectivity index (χ0v) is 20.5. The van der Waals surface area contributed by atoms with Crippen LogP contribution in [0.2, 0.25) is 0 Å². The molecule has 3 rings (SSSR count). The molecular formula is C26H32N4O5. The van der Waals surface area contributed by atoms with Gasteiger partial charge in [-0.1, -0.05) is 43.0 Å². The molecule has 0 radical (unpaired) electrons. The zero-order valence-electron chi connectivity index (χ0n) is 20.5. The number of aryl methyl sites for hydroxylation is 1. The van der Waals surface area contributed by atoms with Gasteiger partial charge in [-0.05, 0) is 55.2 Å². The highest BCUT2D eigenvalue weighted by Crippen LogP contribution is 2.38. The minimum Gasteiger partial charge on any atom is -0.466 e. The van der Waals surface area contributed by atoms with Gasteiger partial charge in [0.15, 0.2) is 5.69 Å². The average Bonchev–Trinajstić information content (AvgIpc) is 3.40. The molecule has 0 saturated heterocycles. The van der Waals surface area contributed by atoms with Crippen molar-refractivity contribution in [2.45, 2.75) is 71.4 Å². The molecule has 0 spiro atoms. The van der Waals surface area contributed by atoms with Crippen molar-refractivity contribution < 1.29 is 23.9 Å². The van der Waals surface area contributed by atoms with Gasteiger partial charge in [0.25, 0.3) is 5.91 Å². The summed E-state index contributed by atoms with van der Waals surface area (Å²) in [5.74, 6) is 4.48. The van der Waals surface area contributed by atoms with Crippen molar-refractivity contribution in [2.24, 2.45) is 11.7 Å². The van der Waals surface area contributed by atoms with Crippen molar-refractivity contribution in [2.75, 3.05) is 6.61 Å². The lowest BCUT2D eigenvalue weighted by Gasteiger charge is -2.19. The second-order valence-electron chi connectivity index (χ2n) is 8.85. The molecule has 1 fully saturated rings. The Kier molecular flexibility index (Phi) is 9.01. The Morgan fingerprint density at radius 3 is 2.46 bits per heavy atom. The summed E-state index contributed by atoms with van der Waals surface area (Å²) in [6.07, 6.45) is 5.01. The van der Waals surface area contributed by atoms with Crippen molar-refractivity contribution in [3.63, 3.8) is 0 Å². The largest absolute Gasteiger partial charge is 0.466 e. The summed E-state index contributed by atoms with van der Waals surface area (Å²) in [5.41, 5.74) is 7.79. The van der Waals surface area contributed by atoms with Gasteiger partial charge in [0.2, 0.25) is 0 Å². The number of rotatable bonds is 9. The molecule has 2 aromatic rings. The normalized spacial score (nSPS) is 19.0. The first-order chi connectivity index (χ1) is 16.8. The van der Waals surface area contributed by atoms with E-state index in [1.807, 2.05) is 12.1 Å². The van der Waals surface area contributed by atoms with Crippen LogP contribution in [0.25, 0.3) is 0 Å². The SMILES string of the molecule is CCCCCc1ccc(C#Cc2c(C(N)=O)nnn2[C@H]2C[C@@H](COC(C)=O)C[C@@H]2OC(C)=O)cc1. The van der Waals surface area contributed by atoms with Crippen LogP contribution in [0.3, 0.4) is 0 Å². The predicted molar refractivity (Wildman–Crippen MR) is 128 cm³/mol. The van der Waals surface area contributed by atoms with Crippen LogP contribution in [0.1, 0.15) is 86.2 Å². The van der Waals surface area contributed by atoms with Crippen LogP contribution in [0, 0.1) is 17.8 Å². The first-order valence-electron chi connectivity index (χ1n) is 11.9. The van der Waals surface area contributed by atoms with E-state index in [0.717, 1.165) is 18.4 Å². The fraction of sp³-hybridized carbons (Fsp3) is 0.500. The number of esters is 2. The van der Waals surface area contributed by atoms with Crippen molar-refractivity contribution in [3.05, 3.63) is 46.8 Å². The third-order valence-corrected chi connectivity index (χ3v) is 6.00. The minimum atomic E-state index is -0.745. The van der Waals surface area contributed by atoms with Crippen LogP contribution < -0.4 is 5.73 Å². The number of nitrogens with two attached hydrogens (primary N) is 1. The maximum atomic E-state index is 12.0. The molecule has 0 unspecified atom stereocenters. The molecule has 1 saturated carbocycles. The zero-order chi connectivity index (χ0) is 25.4. The summed E-state index contributed by atoms with van der Waals surface area (Å²) in [4.78, 5) is 35.0. The maximum absolute atomic E-state index is 12.0. The Morgan fingerprint density at radius 1 is 1.09 bits per heavy atom. The number of hydrogen-bond acceptors (Lipinski definition) is 7. The molecular weight excluding hydrogens is 448 g/mol. The summed E-state index contributed by atoms with van der Waals surface area (Å²) in [6, 6.07) is 7.57. The fourth-order valence-electron chi connectivity index (χ4n) is 4.32. The molecule has 1 aliphatic rings. The Balaban J connectivity index is 1.87. The number of amides is 1. The summed E-state index contributed by atoms with van der Waals surface area (Å²) in [6.45, 7) is 5.06. The van der Waals surface area contributed by atoms with E-state index >= 15 is 0 Å². The molecule has 9 nitrogen and oxygen atoms in total. The summed E-state index contributed by atoms with van der Waals surface area (Å²) < 4.78 is 12.2. The first-order valence-corrected chi connectivity index (χ1v) is 11.9. The van der Waals surface area contributed by atoms with Gasteiger partial charge in [0, 0.05) is 19.4 Å². The Labute approximate surface area is 205 Å². The minimum absolute atomic E-state index is 0.0429. The monoisotopic (exact) mass is 480 g/mol. The number of ether oxygens (including phenoxy) is 2. The number of nitrogens with zero attached hydrogens (tertiary/aromatic N) is 3. The van der Waals surface area contributed by atoms with E-state index in [9.17, 15) is 14.4 Å². The van der Waals surface area contributed by atoms with E-state index < -0.39 is 24.0 Å². The molecule has 3 atom stereocenters. The highest BCUT2D eigenvalue weighted by Gasteiger charge is 2.40. The maximum Gasteiger partial charge on any atom is 0.302 e. The summed E-state index contributed by atoms with van der Waals surface area (Å²) in [7, 11) is 0. The molecule has 1 heterocycles. The van der Waals surface area contributed by atoms with Crippen molar-refractivity contribution in [1.82, 2.24) is 15.0 Å². The number of carbonyl (C=O) groups is 3. The van der Waals surface area contributed by atoms with Gasteiger partial charge in [-0.25, -0.2) is 4.68 Å². The van der Waals surface area contributed by atoms with Gasteiger partial charge in [0.1, 0.15) is 11.8 Å². The molecule has 1 amide bonds. The van der Waals surface area contributed by atoms with Crippen LogP contribution in [-0.2, 0) is 25.5 Å². The van der Waals surface area contributed by atoms with Gasteiger partial charge >= 0.3 is 11.9 Å². The molecule has 0 bridgehead atoms. The third kappa shape index (κ3) is 7.15. The standard InChI is InChI=1S/C26H32N4O5/c1-4-5-6-7-19-8-10-20(11-9-19)12-13-22-25(26(27)33)28-29-30(22)23-14-21(16-34-17(2)31)15-24(23)35-18(3)32/h8-11,21,23-24H,4-7,14-16H2,1-3H3,(H2,27,33)/t21-,23+,24+/m1/s1. The van der Waals surface area contributed by atoms with Gasteiger partial charge in [-0.2, -0.15) is 0 Å². The van der Waals surface area contributed by atoms with Gasteiger partial charge in [-0.15, -0.1) is 5.10 Å².